The van der Waals surface area contributed by atoms with E-state index >= 15 is 0 Å². The lowest BCUT2D eigenvalue weighted by molar-refractivity contribution is -0.156. The van der Waals surface area contributed by atoms with Crippen LogP contribution in [0, 0.1) is 0 Å². The number of esters is 1. The number of hydrogen-bond donors (Lipinski definition) is 1. The van der Waals surface area contributed by atoms with E-state index in [0.717, 1.165) is 0 Å². The fraction of sp³-hybridized carbons (Fsp3) is 0.778. The first-order chi connectivity index (χ1) is 7.11. The lowest BCUT2D eigenvalue weighted by atomic mass is 10.4. The average molecular weight is 219 g/mol. The van der Waals surface area contributed by atoms with Gasteiger partial charge in [0.1, 0.15) is 0 Å². The molecule has 0 aromatic rings. The Kier molecular flexibility index (Phi) is 7.57. The summed E-state index contributed by atoms with van der Waals surface area (Å²) >= 11 is 0. The van der Waals surface area contributed by atoms with E-state index in [4.69, 9.17) is 9.47 Å². The summed E-state index contributed by atoms with van der Waals surface area (Å²) in [6.07, 6.45) is -0.715. The fourth-order valence-electron chi connectivity index (χ4n) is 0.853. The summed E-state index contributed by atoms with van der Waals surface area (Å²) in [4.78, 5) is 21.5. The van der Waals surface area contributed by atoms with Crippen molar-refractivity contribution in [2.75, 3.05) is 34.0 Å². The topological polar surface area (TPSA) is 73.9 Å². The van der Waals surface area contributed by atoms with Crippen molar-refractivity contribution in [3.8, 4) is 0 Å². The van der Waals surface area contributed by atoms with E-state index in [9.17, 15) is 9.59 Å². The zero-order chi connectivity index (χ0) is 11.7. The lowest BCUT2D eigenvalue weighted by Gasteiger charge is -2.12. The first-order valence-corrected chi connectivity index (χ1v) is 4.54. The number of nitrogens with one attached hydrogen (secondary N) is 1. The van der Waals surface area contributed by atoms with Gasteiger partial charge in [0.15, 0.2) is 6.10 Å². The van der Waals surface area contributed by atoms with Crippen molar-refractivity contribution in [1.29, 1.82) is 0 Å². The molecule has 6 nitrogen and oxygen atoms in total. The van der Waals surface area contributed by atoms with Gasteiger partial charge in [0.2, 0.25) is 5.91 Å². The molecule has 0 aliphatic carbocycles. The van der Waals surface area contributed by atoms with E-state index in [1.54, 1.807) is 0 Å². The number of methoxy groups -OCH3 is 2. The maximum absolute atomic E-state index is 11.0. The monoisotopic (exact) mass is 219 g/mol. The standard InChI is InChI=1S/C9H17NO5/c1-7(11)10-4-5-15-6-8(13-2)9(12)14-3/h8H,4-6H2,1-3H3,(H,10,11). The Morgan fingerprint density at radius 1 is 1.33 bits per heavy atom. The van der Waals surface area contributed by atoms with Crippen LogP contribution in [0.5, 0.6) is 0 Å². The van der Waals surface area contributed by atoms with Gasteiger partial charge in [-0.15, -0.1) is 0 Å². The summed E-state index contributed by atoms with van der Waals surface area (Å²) in [5.41, 5.74) is 0. The first-order valence-electron chi connectivity index (χ1n) is 4.54. The third-order valence-corrected chi connectivity index (χ3v) is 1.64. The van der Waals surface area contributed by atoms with E-state index < -0.39 is 12.1 Å². The van der Waals surface area contributed by atoms with E-state index in [2.05, 4.69) is 10.1 Å². The maximum atomic E-state index is 11.0. The molecule has 0 aromatic heterocycles. The van der Waals surface area contributed by atoms with Gasteiger partial charge in [-0.05, 0) is 0 Å². The third-order valence-electron chi connectivity index (χ3n) is 1.64. The highest BCUT2D eigenvalue weighted by Crippen LogP contribution is 1.94. The van der Waals surface area contributed by atoms with Gasteiger partial charge in [-0.25, -0.2) is 4.79 Å². The molecule has 0 spiro atoms. The molecule has 0 saturated heterocycles. The molecule has 0 aliphatic rings. The zero-order valence-corrected chi connectivity index (χ0v) is 9.24. The minimum Gasteiger partial charge on any atom is -0.467 e. The molecule has 0 bridgehead atoms. The second-order valence-electron chi connectivity index (χ2n) is 2.81. The Balaban J connectivity index is 3.55. The van der Waals surface area contributed by atoms with Crippen molar-refractivity contribution in [1.82, 2.24) is 5.32 Å². The third kappa shape index (κ3) is 6.87. The van der Waals surface area contributed by atoms with E-state index in [1.165, 1.54) is 21.1 Å². The van der Waals surface area contributed by atoms with Crippen LogP contribution in [0.4, 0.5) is 0 Å². The summed E-state index contributed by atoms with van der Waals surface area (Å²) in [6, 6.07) is 0. The number of ether oxygens (including phenoxy) is 3. The maximum Gasteiger partial charge on any atom is 0.337 e. The predicted octanol–water partition coefficient (Wildman–Crippen LogP) is -0.673. The second kappa shape index (κ2) is 8.19. The first kappa shape index (κ1) is 13.9. The molecule has 0 radical (unpaired) electrons. The van der Waals surface area contributed by atoms with E-state index in [1.807, 2.05) is 0 Å². The summed E-state index contributed by atoms with van der Waals surface area (Å²) in [7, 11) is 2.68. The molecule has 1 N–H and O–H groups in total. The Morgan fingerprint density at radius 2 is 2.00 bits per heavy atom. The van der Waals surface area contributed by atoms with Crippen LogP contribution >= 0.6 is 0 Å². The molecule has 0 rings (SSSR count). The quantitative estimate of drug-likeness (QED) is 0.454. The van der Waals surface area contributed by atoms with Crippen LogP contribution in [0.15, 0.2) is 0 Å². The van der Waals surface area contributed by atoms with Crippen molar-refractivity contribution in [2.24, 2.45) is 0 Å². The SMILES string of the molecule is COC(=O)C(COCCNC(C)=O)OC. The van der Waals surface area contributed by atoms with Crippen LogP contribution in [0.25, 0.3) is 0 Å². The smallest absolute Gasteiger partial charge is 0.337 e. The van der Waals surface area contributed by atoms with Crippen LogP contribution in [-0.4, -0.2) is 52.0 Å². The van der Waals surface area contributed by atoms with Gasteiger partial charge in [-0.3, -0.25) is 4.79 Å². The molecule has 0 aromatic carbocycles. The average Bonchev–Trinajstić information content (AvgIpc) is 2.22. The van der Waals surface area contributed by atoms with Crippen molar-refractivity contribution < 1.29 is 23.8 Å². The molecule has 6 heteroatoms. The van der Waals surface area contributed by atoms with Crippen LogP contribution in [0.1, 0.15) is 6.92 Å². The summed E-state index contributed by atoms with van der Waals surface area (Å²) in [5, 5.41) is 2.56. The molecule has 15 heavy (non-hydrogen) atoms. The summed E-state index contributed by atoms with van der Waals surface area (Å²) < 4.78 is 14.4. The molecule has 1 atom stereocenters. The Morgan fingerprint density at radius 3 is 2.47 bits per heavy atom. The minimum atomic E-state index is -0.715. The fourth-order valence-corrected chi connectivity index (χ4v) is 0.853. The van der Waals surface area contributed by atoms with Gasteiger partial charge in [0.25, 0.3) is 0 Å². The number of amides is 1. The van der Waals surface area contributed by atoms with Gasteiger partial charge in [-0.2, -0.15) is 0 Å². The van der Waals surface area contributed by atoms with Gasteiger partial charge in [-0.1, -0.05) is 0 Å². The molecular formula is C9H17NO5. The summed E-state index contributed by atoms with van der Waals surface area (Å²) in [5.74, 6) is -0.591. The Hall–Kier alpha value is -1.14. The number of carbonyl (C=O) groups excluding carboxylic acids is 2. The van der Waals surface area contributed by atoms with Gasteiger partial charge < -0.3 is 19.5 Å². The van der Waals surface area contributed by atoms with Crippen molar-refractivity contribution in [2.45, 2.75) is 13.0 Å². The highest BCUT2D eigenvalue weighted by atomic mass is 16.6. The number of rotatable bonds is 7. The van der Waals surface area contributed by atoms with Crippen LogP contribution in [0.2, 0.25) is 0 Å². The van der Waals surface area contributed by atoms with E-state index in [-0.39, 0.29) is 12.5 Å². The Labute approximate surface area is 88.9 Å². The molecule has 1 unspecified atom stereocenters. The molecule has 0 aliphatic heterocycles. The molecule has 0 fully saturated rings. The summed E-state index contributed by atoms with van der Waals surface area (Å²) in [6.45, 7) is 2.28. The van der Waals surface area contributed by atoms with Gasteiger partial charge in [0, 0.05) is 20.6 Å². The van der Waals surface area contributed by atoms with Gasteiger partial charge in [0.05, 0.1) is 20.3 Å². The van der Waals surface area contributed by atoms with Crippen LogP contribution in [0.3, 0.4) is 0 Å². The normalized spacial score (nSPS) is 11.9. The Bertz CT molecular complexity index is 207. The number of carbonyl (C=O) groups is 2. The lowest BCUT2D eigenvalue weighted by Crippen LogP contribution is -2.31. The minimum absolute atomic E-state index is 0.114. The molecule has 0 heterocycles. The molecule has 0 saturated carbocycles. The van der Waals surface area contributed by atoms with Crippen LogP contribution < -0.4 is 5.32 Å². The predicted molar refractivity (Wildman–Crippen MR) is 52.3 cm³/mol. The highest BCUT2D eigenvalue weighted by molar-refractivity contribution is 5.74. The molecule has 88 valence electrons. The van der Waals surface area contributed by atoms with Crippen molar-refractivity contribution >= 4 is 11.9 Å². The molecular weight excluding hydrogens is 202 g/mol. The van der Waals surface area contributed by atoms with E-state index in [0.29, 0.717) is 13.2 Å². The highest BCUT2D eigenvalue weighted by Gasteiger charge is 2.17. The largest absolute Gasteiger partial charge is 0.467 e. The van der Waals surface area contributed by atoms with Gasteiger partial charge >= 0.3 is 5.97 Å². The van der Waals surface area contributed by atoms with Crippen molar-refractivity contribution in [3.05, 3.63) is 0 Å². The second-order valence-corrected chi connectivity index (χ2v) is 2.81. The van der Waals surface area contributed by atoms with Crippen LogP contribution in [-0.2, 0) is 23.8 Å². The molecule has 1 amide bonds. The van der Waals surface area contributed by atoms with Crippen molar-refractivity contribution in [3.63, 3.8) is 0 Å². The number of hydrogen-bond acceptors (Lipinski definition) is 5. The zero-order valence-electron chi connectivity index (χ0n) is 9.24.